The molecule has 2 rings (SSSR count). The summed E-state index contributed by atoms with van der Waals surface area (Å²) in [6, 6.07) is 0. The van der Waals surface area contributed by atoms with Gasteiger partial charge < -0.3 is 15.7 Å². The van der Waals surface area contributed by atoms with E-state index < -0.39 is 17.3 Å². The van der Waals surface area contributed by atoms with Crippen LogP contribution in [0, 0.1) is 11.3 Å². The molecule has 6 heteroatoms. The molecular weight excluding hydrogens is 224 g/mol. The van der Waals surface area contributed by atoms with Crippen molar-refractivity contribution in [2.24, 2.45) is 17.1 Å². The monoisotopic (exact) mass is 240 g/mol. The normalized spacial score (nSPS) is 26.4. The second-order valence-corrected chi connectivity index (χ2v) is 4.88. The quantitative estimate of drug-likeness (QED) is 0.654. The van der Waals surface area contributed by atoms with Crippen LogP contribution in [0.1, 0.15) is 25.7 Å². The van der Waals surface area contributed by atoms with Gasteiger partial charge in [-0.15, -0.1) is 0 Å². The Hall–Kier alpha value is -1.59. The number of aliphatic carboxylic acids is 1. The van der Waals surface area contributed by atoms with Gasteiger partial charge in [-0.2, -0.15) is 0 Å². The van der Waals surface area contributed by atoms with Gasteiger partial charge in [0.25, 0.3) is 0 Å². The van der Waals surface area contributed by atoms with Gasteiger partial charge >= 0.3 is 5.97 Å². The van der Waals surface area contributed by atoms with Gasteiger partial charge in [0.2, 0.25) is 11.8 Å². The minimum Gasteiger partial charge on any atom is -0.480 e. The van der Waals surface area contributed by atoms with Gasteiger partial charge in [-0.3, -0.25) is 14.4 Å². The predicted octanol–water partition coefficient (Wildman–Crippen LogP) is -0.425. The topological polar surface area (TPSA) is 101 Å². The molecule has 1 heterocycles. The Morgan fingerprint density at radius 2 is 1.94 bits per heavy atom. The zero-order chi connectivity index (χ0) is 12.6. The van der Waals surface area contributed by atoms with Gasteiger partial charge in [-0.25, -0.2) is 0 Å². The number of likely N-dealkylation sites (tertiary alicyclic amines) is 1. The second-order valence-electron chi connectivity index (χ2n) is 4.88. The summed E-state index contributed by atoms with van der Waals surface area (Å²) in [6.45, 7) is 0.792. The van der Waals surface area contributed by atoms with Crippen LogP contribution < -0.4 is 5.73 Å². The molecule has 2 amide bonds. The first-order chi connectivity index (χ1) is 7.97. The van der Waals surface area contributed by atoms with Crippen LogP contribution in [0.15, 0.2) is 0 Å². The van der Waals surface area contributed by atoms with Gasteiger partial charge in [0.15, 0.2) is 0 Å². The van der Waals surface area contributed by atoms with Gasteiger partial charge in [0.05, 0.1) is 5.92 Å². The van der Waals surface area contributed by atoms with Crippen LogP contribution in [0.25, 0.3) is 0 Å². The number of rotatable bonds is 3. The lowest BCUT2D eigenvalue weighted by molar-refractivity contribution is -0.154. The zero-order valence-electron chi connectivity index (χ0n) is 9.52. The Balaban J connectivity index is 2.05. The number of hydrogen-bond donors (Lipinski definition) is 2. The molecule has 1 saturated carbocycles. The van der Waals surface area contributed by atoms with E-state index in [1.165, 1.54) is 4.90 Å². The van der Waals surface area contributed by atoms with Crippen LogP contribution in [-0.2, 0) is 14.4 Å². The zero-order valence-corrected chi connectivity index (χ0v) is 9.52. The average Bonchev–Trinajstić information content (AvgIpc) is 3.09. The van der Waals surface area contributed by atoms with Gasteiger partial charge in [0.1, 0.15) is 5.41 Å². The van der Waals surface area contributed by atoms with Crippen molar-refractivity contribution in [1.29, 1.82) is 0 Å². The molecule has 94 valence electrons. The first kappa shape index (κ1) is 11.9. The molecule has 1 aliphatic carbocycles. The van der Waals surface area contributed by atoms with Crippen LogP contribution in [0.2, 0.25) is 0 Å². The predicted molar refractivity (Wildman–Crippen MR) is 57.8 cm³/mol. The van der Waals surface area contributed by atoms with E-state index in [1.807, 2.05) is 0 Å². The molecule has 0 spiro atoms. The summed E-state index contributed by atoms with van der Waals surface area (Å²) in [4.78, 5) is 35.7. The molecule has 6 nitrogen and oxygen atoms in total. The fourth-order valence-corrected chi connectivity index (χ4v) is 2.34. The maximum atomic E-state index is 12.1. The summed E-state index contributed by atoms with van der Waals surface area (Å²) in [5.41, 5.74) is 4.01. The molecule has 1 unspecified atom stereocenters. The van der Waals surface area contributed by atoms with Crippen molar-refractivity contribution in [3.8, 4) is 0 Å². The lowest BCUT2D eigenvalue weighted by Crippen LogP contribution is -2.48. The van der Waals surface area contributed by atoms with E-state index in [0.29, 0.717) is 32.2 Å². The molecule has 1 saturated heterocycles. The molecule has 3 N–H and O–H groups in total. The van der Waals surface area contributed by atoms with E-state index in [-0.39, 0.29) is 18.4 Å². The molecule has 1 aliphatic heterocycles. The van der Waals surface area contributed by atoms with Crippen LogP contribution in [0.3, 0.4) is 0 Å². The summed E-state index contributed by atoms with van der Waals surface area (Å²) in [6.07, 6.45) is 2.19. The first-order valence-electron chi connectivity index (χ1n) is 5.79. The standard InChI is InChI=1S/C11H16N2O4/c12-8(14)7-2-1-5-13(6-7)9(15)11(3-4-11)10(16)17/h7H,1-6H2,(H2,12,14)(H,16,17). The van der Waals surface area contributed by atoms with E-state index >= 15 is 0 Å². The SMILES string of the molecule is NC(=O)C1CCCN(C(=O)C2(C(=O)O)CC2)C1. The molecule has 0 aromatic rings. The minimum atomic E-state index is -1.21. The van der Waals surface area contributed by atoms with Gasteiger partial charge in [-0.05, 0) is 25.7 Å². The summed E-state index contributed by atoms with van der Waals surface area (Å²) in [5, 5.41) is 9.04. The van der Waals surface area contributed by atoms with Crippen molar-refractivity contribution < 1.29 is 19.5 Å². The summed E-state index contributed by atoms with van der Waals surface area (Å²) in [5.74, 6) is -2.15. The molecule has 0 aromatic heterocycles. The highest BCUT2D eigenvalue weighted by molar-refractivity contribution is 6.05. The third-order valence-electron chi connectivity index (χ3n) is 3.68. The second kappa shape index (κ2) is 4.01. The number of carboxylic acid groups (broad SMARTS) is 1. The molecule has 17 heavy (non-hydrogen) atoms. The maximum Gasteiger partial charge on any atom is 0.319 e. The Morgan fingerprint density at radius 1 is 1.29 bits per heavy atom. The number of nitrogens with two attached hydrogens (primary N) is 1. The van der Waals surface area contributed by atoms with E-state index in [2.05, 4.69) is 0 Å². The Bertz CT molecular complexity index is 376. The van der Waals surface area contributed by atoms with Crippen LogP contribution in [0.4, 0.5) is 0 Å². The summed E-state index contributed by atoms with van der Waals surface area (Å²) in [7, 11) is 0. The van der Waals surface area contributed by atoms with Gasteiger partial charge in [0, 0.05) is 13.1 Å². The van der Waals surface area contributed by atoms with Crippen LogP contribution >= 0.6 is 0 Å². The Morgan fingerprint density at radius 3 is 2.41 bits per heavy atom. The largest absolute Gasteiger partial charge is 0.480 e. The summed E-state index contributed by atoms with van der Waals surface area (Å²) < 4.78 is 0. The number of amides is 2. The van der Waals surface area contributed by atoms with Crippen molar-refractivity contribution in [2.75, 3.05) is 13.1 Å². The molecular formula is C11H16N2O4. The highest BCUT2D eigenvalue weighted by Gasteiger charge is 2.58. The third-order valence-corrected chi connectivity index (χ3v) is 3.68. The fourth-order valence-electron chi connectivity index (χ4n) is 2.34. The molecule has 0 aromatic carbocycles. The van der Waals surface area contributed by atoms with E-state index in [9.17, 15) is 14.4 Å². The minimum absolute atomic E-state index is 0.267. The maximum absolute atomic E-state index is 12.1. The third kappa shape index (κ3) is 1.99. The Kier molecular flexibility index (Phi) is 2.81. The van der Waals surface area contributed by atoms with Crippen molar-refractivity contribution >= 4 is 17.8 Å². The highest BCUT2D eigenvalue weighted by atomic mass is 16.4. The number of carbonyl (C=O) groups excluding carboxylic acids is 2. The van der Waals surface area contributed by atoms with E-state index in [0.717, 1.165) is 0 Å². The van der Waals surface area contributed by atoms with Crippen molar-refractivity contribution in [3.63, 3.8) is 0 Å². The number of piperidine rings is 1. The average molecular weight is 240 g/mol. The van der Waals surface area contributed by atoms with Crippen molar-refractivity contribution in [3.05, 3.63) is 0 Å². The Labute approximate surface area is 98.8 Å². The number of hydrogen-bond acceptors (Lipinski definition) is 3. The number of primary amides is 1. The first-order valence-corrected chi connectivity index (χ1v) is 5.79. The van der Waals surface area contributed by atoms with Crippen molar-refractivity contribution in [1.82, 2.24) is 4.90 Å². The van der Waals surface area contributed by atoms with E-state index in [1.54, 1.807) is 0 Å². The fraction of sp³-hybridized carbons (Fsp3) is 0.727. The molecule has 0 bridgehead atoms. The number of carboxylic acids is 1. The lowest BCUT2D eigenvalue weighted by Gasteiger charge is -2.32. The molecule has 2 aliphatic rings. The van der Waals surface area contributed by atoms with Crippen LogP contribution in [0.5, 0.6) is 0 Å². The van der Waals surface area contributed by atoms with Crippen LogP contribution in [-0.4, -0.2) is 40.9 Å². The molecule has 2 fully saturated rings. The number of carbonyl (C=O) groups is 3. The molecule has 0 radical (unpaired) electrons. The van der Waals surface area contributed by atoms with Gasteiger partial charge in [-0.1, -0.05) is 0 Å². The molecule has 1 atom stereocenters. The lowest BCUT2D eigenvalue weighted by atomic mass is 9.95. The highest BCUT2D eigenvalue weighted by Crippen LogP contribution is 2.47. The van der Waals surface area contributed by atoms with E-state index in [4.69, 9.17) is 10.8 Å². The smallest absolute Gasteiger partial charge is 0.319 e. The van der Waals surface area contributed by atoms with Crippen molar-refractivity contribution in [2.45, 2.75) is 25.7 Å². The number of nitrogens with zero attached hydrogens (tertiary/aromatic N) is 1. The summed E-state index contributed by atoms with van der Waals surface area (Å²) >= 11 is 0.